The van der Waals surface area contributed by atoms with Crippen LogP contribution < -0.4 is 4.74 Å². The van der Waals surface area contributed by atoms with Gasteiger partial charge in [0.1, 0.15) is 5.75 Å². The van der Waals surface area contributed by atoms with Gasteiger partial charge in [0.25, 0.3) is 0 Å². The van der Waals surface area contributed by atoms with Crippen LogP contribution in [0.1, 0.15) is 11.1 Å². The van der Waals surface area contributed by atoms with Crippen LogP contribution in [0.2, 0.25) is 0 Å². The highest BCUT2D eigenvalue weighted by Crippen LogP contribution is 2.58. The maximum absolute atomic E-state index is 14.6. The Bertz CT molecular complexity index is 1290. The van der Waals surface area contributed by atoms with Crippen molar-refractivity contribution < 1.29 is 61.2 Å². The number of rotatable bonds is 8. The quantitative estimate of drug-likeness (QED) is 0.385. The third kappa shape index (κ3) is 4.11. The Morgan fingerprint density at radius 2 is 1.24 bits per heavy atom. The zero-order valence-corrected chi connectivity index (χ0v) is 18.5. The highest BCUT2D eigenvalue weighted by Gasteiger charge is 2.84. The van der Waals surface area contributed by atoms with Crippen molar-refractivity contribution in [1.82, 2.24) is 0 Å². The Morgan fingerprint density at radius 1 is 0.765 bits per heavy atom. The molecule has 0 aliphatic carbocycles. The van der Waals surface area contributed by atoms with Gasteiger partial charge in [0.15, 0.2) is 0 Å². The predicted octanol–water partition coefficient (Wildman–Crippen LogP) is 4.68. The van der Waals surface area contributed by atoms with Crippen LogP contribution in [0, 0.1) is 6.92 Å². The molecular weight excluding hydrogens is 528 g/mol. The van der Waals surface area contributed by atoms with Crippen molar-refractivity contribution in [3.8, 4) is 5.75 Å². The monoisotopic (exact) mass is 542 g/mol. The third-order valence-corrected chi connectivity index (χ3v) is 7.38. The topological polar surface area (TPSA) is 97.7 Å². The fraction of sp³-hybridized carbons (Fsp3) is 0.333. The molecule has 0 radical (unpaired) electrons. The first-order valence-corrected chi connectivity index (χ1v) is 11.6. The molecule has 0 aliphatic heterocycles. The summed E-state index contributed by atoms with van der Waals surface area (Å²) < 4.78 is 172. The molecule has 0 saturated heterocycles. The van der Waals surface area contributed by atoms with E-state index in [-0.39, 0.29) is 11.8 Å². The minimum Gasteiger partial charge on any atom is -0.497 e. The summed E-state index contributed by atoms with van der Waals surface area (Å²) >= 11 is 0. The molecule has 0 atom stereocenters. The van der Waals surface area contributed by atoms with Gasteiger partial charge >= 0.3 is 33.1 Å². The highest BCUT2D eigenvalue weighted by atomic mass is 32.2. The molecule has 190 valence electrons. The van der Waals surface area contributed by atoms with Crippen LogP contribution in [0.4, 0.5) is 35.1 Å². The van der Waals surface area contributed by atoms with E-state index in [1.165, 1.54) is 7.11 Å². The molecule has 16 heteroatoms. The summed E-state index contributed by atoms with van der Waals surface area (Å²) in [5.74, 6) is -20.5. The molecule has 0 aromatic heterocycles. The molecule has 2 aromatic rings. The second kappa shape index (κ2) is 8.34. The standard InChI is InChI=1S/C18H14F8O6S2/c1-10-3-6-13(33(27,28)12-7-4-11(32-2)5-8-12)9-14(10)15(19,20)16(21,22)17(23,24)18(25,26)34(29,30)31/h3-9H,1-2H3,(H,29,30,31). The molecule has 0 unspecified atom stereocenters. The Balaban J connectivity index is 2.70. The van der Waals surface area contributed by atoms with Crippen molar-refractivity contribution in [3.05, 3.63) is 53.6 Å². The van der Waals surface area contributed by atoms with E-state index in [1.54, 1.807) is 0 Å². The normalized spacial score (nSPS) is 14.2. The van der Waals surface area contributed by atoms with E-state index < -0.39 is 63.9 Å². The van der Waals surface area contributed by atoms with E-state index in [4.69, 9.17) is 9.29 Å². The van der Waals surface area contributed by atoms with Gasteiger partial charge in [0.2, 0.25) is 9.84 Å². The Labute approximate surface area is 187 Å². The van der Waals surface area contributed by atoms with Gasteiger partial charge in [0.05, 0.1) is 16.9 Å². The molecule has 34 heavy (non-hydrogen) atoms. The van der Waals surface area contributed by atoms with E-state index >= 15 is 0 Å². The van der Waals surface area contributed by atoms with Crippen LogP contribution in [0.3, 0.4) is 0 Å². The van der Waals surface area contributed by atoms with E-state index in [0.717, 1.165) is 24.3 Å². The van der Waals surface area contributed by atoms with Gasteiger partial charge in [-0.3, -0.25) is 4.55 Å². The number of aryl methyl sites for hydroxylation is 1. The number of benzene rings is 2. The van der Waals surface area contributed by atoms with Gasteiger partial charge in [0, 0.05) is 5.56 Å². The molecule has 0 fully saturated rings. The minimum atomic E-state index is -7.33. The number of methoxy groups -OCH3 is 1. The van der Waals surface area contributed by atoms with Crippen LogP contribution >= 0.6 is 0 Å². The fourth-order valence-electron chi connectivity index (χ4n) is 2.71. The SMILES string of the molecule is COc1ccc(S(=O)(=O)c2ccc(C)c(C(F)(F)C(F)(F)C(F)(F)C(F)(F)S(=O)(=O)O)c2)cc1. The molecule has 0 aliphatic rings. The van der Waals surface area contributed by atoms with Crippen molar-refractivity contribution in [3.63, 3.8) is 0 Å². The van der Waals surface area contributed by atoms with E-state index in [2.05, 4.69) is 0 Å². The summed E-state index contributed by atoms with van der Waals surface area (Å²) in [5.41, 5.74) is -3.01. The second-order valence-electron chi connectivity index (χ2n) is 6.87. The summed E-state index contributed by atoms with van der Waals surface area (Å²) in [6.45, 7) is 0.669. The molecule has 0 spiro atoms. The first-order valence-electron chi connectivity index (χ1n) is 8.65. The van der Waals surface area contributed by atoms with Crippen LogP contribution in [-0.2, 0) is 25.9 Å². The summed E-state index contributed by atoms with van der Waals surface area (Å²) in [6, 6.07) is 5.32. The molecule has 0 amide bonds. The van der Waals surface area contributed by atoms with Gasteiger partial charge in [-0.2, -0.15) is 43.5 Å². The Hall–Kier alpha value is -2.46. The van der Waals surface area contributed by atoms with Crippen molar-refractivity contribution in [2.24, 2.45) is 0 Å². The first-order chi connectivity index (χ1) is 15.2. The van der Waals surface area contributed by atoms with Gasteiger partial charge < -0.3 is 4.74 Å². The third-order valence-electron chi connectivity index (χ3n) is 4.71. The lowest BCUT2D eigenvalue weighted by atomic mass is 9.94. The lowest BCUT2D eigenvalue weighted by Gasteiger charge is -2.36. The van der Waals surface area contributed by atoms with Crippen LogP contribution in [-0.4, -0.2) is 45.6 Å². The zero-order valence-electron chi connectivity index (χ0n) is 16.9. The minimum absolute atomic E-state index is 0.121. The average molecular weight is 542 g/mol. The van der Waals surface area contributed by atoms with Gasteiger partial charge in [-0.25, -0.2) is 8.42 Å². The van der Waals surface area contributed by atoms with E-state index in [9.17, 15) is 52.0 Å². The predicted molar refractivity (Wildman–Crippen MR) is 99.9 cm³/mol. The van der Waals surface area contributed by atoms with Gasteiger partial charge in [-0.1, -0.05) is 6.07 Å². The van der Waals surface area contributed by atoms with Gasteiger partial charge in [-0.05, 0) is 48.9 Å². The molecule has 0 heterocycles. The number of alkyl halides is 8. The molecule has 0 bridgehead atoms. The van der Waals surface area contributed by atoms with E-state index in [1.807, 2.05) is 0 Å². The molecule has 6 nitrogen and oxygen atoms in total. The summed E-state index contributed by atoms with van der Waals surface area (Å²) in [5, 5.41) is -7.02. The Morgan fingerprint density at radius 3 is 1.68 bits per heavy atom. The maximum Gasteiger partial charge on any atom is 0.438 e. The smallest absolute Gasteiger partial charge is 0.438 e. The second-order valence-corrected chi connectivity index (χ2v) is 10.3. The number of hydrogen-bond donors (Lipinski definition) is 1. The zero-order chi connectivity index (χ0) is 26.5. The number of hydrogen-bond acceptors (Lipinski definition) is 5. The summed E-state index contributed by atoms with van der Waals surface area (Å²) in [6.07, 6.45) is 0. The maximum atomic E-state index is 14.6. The Kier molecular flexibility index (Phi) is 6.81. The van der Waals surface area contributed by atoms with Crippen molar-refractivity contribution >= 4 is 20.0 Å². The number of sulfone groups is 1. The highest BCUT2D eigenvalue weighted by molar-refractivity contribution is 7.91. The van der Waals surface area contributed by atoms with Crippen LogP contribution in [0.5, 0.6) is 5.75 Å². The molecule has 1 N–H and O–H groups in total. The first kappa shape index (κ1) is 27.8. The van der Waals surface area contributed by atoms with E-state index in [0.29, 0.717) is 19.1 Å². The summed E-state index contributed by atoms with van der Waals surface area (Å²) in [7, 11) is -10.7. The molecule has 2 rings (SSSR count). The lowest BCUT2D eigenvalue weighted by molar-refractivity contribution is -0.353. The van der Waals surface area contributed by atoms with Crippen molar-refractivity contribution in [2.75, 3.05) is 7.11 Å². The fourth-order valence-corrected chi connectivity index (χ4v) is 4.45. The van der Waals surface area contributed by atoms with Crippen LogP contribution in [0.25, 0.3) is 0 Å². The summed E-state index contributed by atoms with van der Waals surface area (Å²) in [4.78, 5) is -1.62. The average Bonchev–Trinajstić information content (AvgIpc) is 2.72. The molecule has 0 saturated carbocycles. The number of halogens is 8. The largest absolute Gasteiger partial charge is 0.497 e. The van der Waals surface area contributed by atoms with Crippen molar-refractivity contribution in [2.45, 2.75) is 39.7 Å². The molecule has 2 aromatic carbocycles. The lowest BCUT2D eigenvalue weighted by Crippen LogP contribution is -2.63. The number of ether oxygens (including phenoxy) is 1. The molecular formula is C18H14F8O6S2. The van der Waals surface area contributed by atoms with Gasteiger partial charge in [-0.15, -0.1) is 0 Å². The van der Waals surface area contributed by atoms with Crippen LogP contribution in [0.15, 0.2) is 52.3 Å². The van der Waals surface area contributed by atoms with Crippen molar-refractivity contribution in [1.29, 1.82) is 0 Å².